The summed E-state index contributed by atoms with van der Waals surface area (Å²) in [7, 11) is 0. The van der Waals surface area contributed by atoms with Gasteiger partial charge in [0.15, 0.2) is 0 Å². The van der Waals surface area contributed by atoms with E-state index in [2.05, 4.69) is 43.5 Å². The van der Waals surface area contributed by atoms with Crippen molar-refractivity contribution >= 4 is 11.9 Å². The molecule has 0 radical (unpaired) electrons. The standard InChI is InChI=1S/C58H111NO5/c1-3-5-7-9-11-13-14-15-16-17-23-26-29-32-36-40-44-48-52-58(63)64-53-49-45-41-37-33-30-27-24-21-19-18-20-22-25-28-31-35-39-43-47-51-57(62)59-55(54-60)56(61)50-46-42-38-34-12-10-8-6-4-2/h16-18,20,55-56,60-61H,3-15,19,21-54H2,1-2H3,(H,59,62)/b17-16-,20-18-. The highest BCUT2D eigenvalue weighted by Crippen LogP contribution is 2.16. The molecule has 0 saturated carbocycles. The largest absolute Gasteiger partial charge is 0.466 e. The smallest absolute Gasteiger partial charge is 0.305 e. The highest BCUT2D eigenvalue weighted by molar-refractivity contribution is 5.76. The fraction of sp³-hybridized carbons (Fsp3) is 0.897. The van der Waals surface area contributed by atoms with Crippen LogP contribution < -0.4 is 5.32 Å². The number of hydrogen-bond donors (Lipinski definition) is 3. The summed E-state index contributed by atoms with van der Waals surface area (Å²) in [5.41, 5.74) is 0. The summed E-state index contributed by atoms with van der Waals surface area (Å²) in [5.74, 6) is -0.0427. The molecule has 0 aliphatic heterocycles. The van der Waals surface area contributed by atoms with E-state index in [0.717, 1.165) is 44.9 Å². The van der Waals surface area contributed by atoms with Gasteiger partial charge in [-0.25, -0.2) is 0 Å². The lowest BCUT2D eigenvalue weighted by molar-refractivity contribution is -0.143. The minimum absolute atomic E-state index is 0.00321. The highest BCUT2D eigenvalue weighted by atomic mass is 16.5. The Bertz CT molecular complexity index is 997. The Morgan fingerprint density at radius 2 is 0.734 bits per heavy atom. The fourth-order valence-electron chi connectivity index (χ4n) is 8.81. The predicted octanol–water partition coefficient (Wildman–Crippen LogP) is 17.5. The minimum atomic E-state index is -0.667. The summed E-state index contributed by atoms with van der Waals surface area (Å²) in [6.45, 7) is 4.92. The molecule has 0 bridgehead atoms. The number of allylic oxidation sites excluding steroid dienone is 4. The molecule has 0 aliphatic rings. The van der Waals surface area contributed by atoms with E-state index >= 15 is 0 Å². The molecule has 1 amide bonds. The van der Waals surface area contributed by atoms with Crippen molar-refractivity contribution in [1.29, 1.82) is 0 Å². The molecule has 0 aromatic carbocycles. The Labute approximate surface area is 399 Å². The van der Waals surface area contributed by atoms with Gasteiger partial charge in [0.2, 0.25) is 5.91 Å². The lowest BCUT2D eigenvalue weighted by Gasteiger charge is -2.22. The number of aliphatic hydroxyl groups is 2. The Morgan fingerprint density at radius 1 is 0.422 bits per heavy atom. The number of hydrogen-bond acceptors (Lipinski definition) is 5. The van der Waals surface area contributed by atoms with Gasteiger partial charge in [0.05, 0.1) is 25.4 Å². The molecule has 0 aliphatic carbocycles. The number of amides is 1. The van der Waals surface area contributed by atoms with Crippen molar-refractivity contribution in [2.45, 2.75) is 321 Å². The zero-order valence-corrected chi connectivity index (χ0v) is 43.0. The van der Waals surface area contributed by atoms with E-state index in [1.165, 1.54) is 231 Å². The van der Waals surface area contributed by atoms with E-state index in [0.29, 0.717) is 25.9 Å². The van der Waals surface area contributed by atoms with Gasteiger partial charge in [-0.1, -0.05) is 244 Å². The Kier molecular flexibility index (Phi) is 52.6. The maximum Gasteiger partial charge on any atom is 0.305 e. The Hall–Kier alpha value is -1.66. The van der Waals surface area contributed by atoms with Crippen molar-refractivity contribution in [2.75, 3.05) is 13.2 Å². The Balaban J connectivity index is 3.39. The van der Waals surface area contributed by atoms with Crippen LogP contribution in [0, 0.1) is 0 Å². The van der Waals surface area contributed by atoms with E-state index in [4.69, 9.17) is 4.74 Å². The SMILES string of the molecule is CCCCCCCCC/C=C\CCCCCCCCCC(=O)OCCCCCCCCCCC/C=C\CCCCCCCCCC(=O)NC(CO)C(O)CCCCCCCCCCC. The van der Waals surface area contributed by atoms with Gasteiger partial charge in [-0.05, 0) is 77.0 Å². The summed E-state index contributed by atoms with van der Waals surface area (Å²) in [6, 6.07) is -0.545. The lowest BCUT2D eigenvalue weighted by atomic mass is 10.0. The number of carbonyl (C=O) groups is 2. The third kappa shape index (κ3) is 49.8. The summed E-state index contributed by atoms with van der Waals surface area (Å²) in [5, 5.41) is 23.1. The molecule has 2 unspecified atom stereocenters. The van der Waals surface area contributed by atoms with Crippen LogP contribution in [-0.4, -0.2) is 47.4 Å². The van der Waals surface area contributed by atoms with Crippen LogP contribution in [-0.2, 0) is 14.3 Å². The number of ether oxygens (including phenoxy) is 1. The second-order valence-corrected chi connectivity index (χ2v) is 19.6. The van der Waals surface area contributed by atoms with E-state index in [9.17, 15) is 19.8 Å². The molecule has 6 nitrogen and oxygen atoms in total. The molecule has 0 rings (SSSR count). The number of aliphatic hydroxyl groups excluding tert-OH is 2. The van der Waals surface area contributed by atoms with E-state index in [-0.39, 0.29) is 18.5 Å². The molecule has 0 saturated heterocycles. The molecule has 2 atom stereocenters. The van der Waals surface area contributed by atoms with Crippen LogP contribution in [0.5, 0.6) is 0 Å². The van der Waals surface area contributed by atoms with Crippen molar-refractivity contribution in [3.63, 3.8) is 0 Å². The van der Waals surface area contributed by atoms with Gasteiger partial charge < -0.3 is 20.3 Å². The minimum Gasteiger partial charge on any atom is -0.466 e. The molecule has 6 heteroatoms. The van der Waals surface area contributed by atoms with Crippen molar-refractivity contribution in [1.82, 2.24) is 5.32 Å². The number of carbonyl (C=O) groups excluding carboxylic acids is 2. The van der Waals surface area contributed by atoms with Crippen LogP contribution in [0.4, 0.5) is 0 Å². The van der Waals surface area contributed by atoms with Gasteiger partial charge >= 0.3 is 5.97 Å². The number of esters is 1. The number of unbranched alkanes of at least 4 members (excludes halogenated alkanes) is 38. The fourth-order valence-corrected chi connectivity index (χ4v) is 8.81. The average molecular weight is 903 g/mol. The first-order chi connectivity index (χ1) is 31.5. The predicted molar refractivity (Wildman–Crippen MR) is 278 cm³/mol. The van der Waals surface area contributed by atoms with Crippen LogP contribution in [0.1, 0.15) is 309 Å². The maximum absolute atomic E-state index is 12.4. The van der Waals surface area contributed by atoms with Crippen molar-refractivity contribution in [3.8, 4) is 0 Å². The third-order valence-corrected chi connectivity index (χ3v) is 13.2. The zero-order chi connectivity index (χ0) is 46.5. The first kappa shape index (κ1) is 62.3. The second-order valence-electron chi connectivity index (χ2n) is 19.6. The molecule has 0 aromatic rings. The van der Waals surface area contributed by atoms with Gasteiger partial charge in [-0.15, -0.1) is 0 Å². The quantitative estimate of drug-likeness (QED) is 0.0321. The molecule has 3 N–H and O–H groups in total. The van der Waals surface area contributed by atoms with Crippen molar-refractivity contribution in [3.05, 3.63) is 24.3 Å². The second kappa shape index (κ2) is 54.0. The zero-order valence-electron chi connectivity index (χ0n) is 43.0. The van der Waals surface area contributed by atoms with Crippen LogP contribution in [0.15, 0.2) is 24.3 Å². The summed E-state index contributed by atoms with van der Waals surface area (Å²) >= 11 is 0. The molecular formula is C58H111NO5. The molecule has 0 aromatic heterocycles. The van der Waals surface area contributed by atoms with Gasteiger partial charge in [-0.2, -0.15) is 0 Å². The molecule has 378 valence electrons. The van der Waals surface area contributed by atoms with E-state index in [1.54, 1.807) is 0 Å². The van der Waals surface area contributed by atoms with Crippen LogP contribution in [0.25, 0.3) is 0 Å². The molecule has 0 spiro atoms. The third-order valence-electron chi connectivity index (χ3n) is 13.2. The van der Waals surface area contributed by atoms with Crippen molar-refractivity contribution in [2.24, 2.45) is 0 Å². The van der Waals surface area contributed by atoms with E-state index in [1.807, 2.05) is 0 Å². The first-order valence-electron chi connectivity index (χ1n) is 28.6. The Morgan fingerprint density at radius 3 is 1.11 bits per heavy atom. The summed E-state index contributed by atoms with van der Waals surface area (Å²) in [4.78, 5) is 24.5. The number of nitrogens with one attached hydrogen (secondary N) is 1. The maximum atomic E-state index is 12.4. The van der Waals surface area contributed by atoms with Gasteiger partial charge in [0.25, 0.3) is 0 Å². The summed E-state index contributed by atoms with van der Waals surface area (Å²) in [6.07, 6.45) is 64.6. The van der Waals surface area contributed by atoms with Gasteiger partial charge in [-0.3, -0.25) is 9.59 Å². The molecule has 64 heavy (non-hydrogen) atoms. The topological polar surface area (TPSA) is 95.9 Å². The van der Waals surface area contributed by atoms with Crippen molar-refractivity contribution < 1.29 is 24.5 Å². The highest BCUT2D eigenvalue weighted by Gasteiger charge is 2.20. The normalized spacial score (nSPS) is 12.8. The lowest BCUT2D eigenvalue weighted by Crippen LogP contribution is -2.45. The number of rotatable bonds is 53. The first-order valence-corrected chi connectivity index (χ1v) is 28.6. The van der Waals surface area contributed by atoms with Crippen LogP contribution >= 0.6 is 0 Å². The van der Waals surface area contributed by atoms with E-state index < -0.39 is 12.1 Å². The molecular weight excluding hydrogens is 791 g/mol. The van der Waals surface area contributed by atoms with Crippen LogP contribution in [0.3, 0.4) is 0 Å². The molecule has 0 heterocycles. The average Bonchev–Trinajstić information content (AvgIpc) is 3.29. The van der Waals surface area contributed by atoms with Gasteiger partial charge in [0.1, 0.15) is 0 Å². The molecule has 0 fully saturated rings. The van der Waals surface area contributed by atoms with Gasteiger partial charge in [0, 0.05) is 12.8 Å². The monoisotopic (exact) mass is 902 g/mol. The van der Waals surface area contributed by atoms with Crippen LogP contribution in [0.2, 0.25) is 0 Å². The summed E-state index contributed by atoms with van der Waals surface area (Å²) < 4.78 is 5.48.